The fraction of sp³-hybridized carbons (Fsp3) is 0.708. The fourth-order valence-electron chi connectivity index (χ4n) is 4.97. The topological polar surface area (TPSA) is 52.1 Å². The van der Waals surface area contributed by atoms with Gasteiger partial charge in [0.25, 0.3) is 0 Å². The van der Waals surface area contributed by atoms with Crippen molar-refractivity contribution in [3.8, 4) is 5.75 Å². The molecule has 3 aliphatic rings. The molecule has 2 unspecified atom stereocenters. The number of hydrogen-bond donors (Lipinski definition) is 2. The third kappa shape index (κ3) is 5.46. The van der Waals surface area contributed by atoms with Crippen LogP contribution in [0.3, 0.4) is 0 Å². The predicted molar refractivity (Wildman–Crippen MR) is 123 cm³/mol. The van der Waals surface area contributed by atoms with Crippen LogP contribution < -0.4 is 15.4 Å². The van der Waals surface area contributed by atoms with Crippen LogP contribution in [0.2, 0.25) is 0 Å². The van der Waals surface area contributed by atoms with Crippen molar-refractivity contribution in [1.29, 1.82) is 0 Å². The van der Waals surface area contributed by atoms with Crippen LogP contribution in [0.1, 0.15) is 50.6 Å². The molecule has 0 spiro atoms. The lowest BCUT2D eigenvalue weighted by Gasteiger charge is -2.28. The Bertz CT molecular complexity index is 699. The summed E-state index contributed by atoms with van der Waals surface area (Å²) in [5, 5.41) is 7.09. The monoisotopic (exact) mass is 413 g/mol. The SMILES string of the molecule is CCNC(=NCC(c1ccccc1OC)N1CCCC1)NCC1CCN(C2CC2)C1. The number of likely N-dealkylation sites (tertiary alicyclic amines) is 2. The van der Waals surface area contributed by atoms with Crippen molar-refractivity contribution in [2.24, 2.45) is 10.9 Å². The van der Waals surface area contributed by atoms with Gasteiger partial charge < -0.3 is 20.3 Å². The molecular weight excluding hydrogens is 374 g/mol. The van der Waals surface area contributed by atoms with Crippen molar-refractivity contribution in [1.82, 2.24) is 20.4 Å². The molecule has 2 N–H and O–H groups in total. The zero-order chi connectivity index (χ0) is 20.8. The number of nitrogens with one attached hydrogen (secondary N) is 2. The number of aliphatic imine (C=N–C) groups is 1. The van der Waals surface area contributed by atoms with Gasteiger partial charge in [-0.15, -0.1) is 0 Å². The molecule has 2 atom stereocenters. The van der Waals surface area contributed by atoms with E-state index in [-0.39, 0.29) is 6.04 Å². The van der Waals surface area contributed by atoms with Gasteiger partial charge in [0, 0.05) is 31.2 Å². The second kappa shape index (κ2) is 10.5. The molecule has 2 saturated heterocycles. The summed E-state index contributed by atoms with van der Waals surface area (Å²) in [4.78, 5) is 10.3. The minimum absolute atomic E-state index is 0.260. The van der Waals surface area contributed by atoms with Gasteiger partial charge in [0.1, 0.15) is 5.75 Å². The third-order valence-corrected chi connectivity index (χ3v) is 6.78. The summed E-state index contributed by atoms with van der Waals surface area (Å²) in [5.41, 5.74) is 1.25. The Labute approximate surface area is 182 Å². The highest BCUT2D eigenvalue weighted by molar-refractivity contribution is 5.79. The van der Waals surface area contributed by atoms with Crippen LogP contribution in [-0.4, -0.2) is 74.7 Å². The molecule has 6 nitrogen and oxygen atoms in total. The van der Waals surface area contributed by atoms with E-state index in [0.29, 0.717) is 0 Å². The maximum Gasteiger partial charge on any atom is 0.191 e. The smallest absolute Gasteiger partial charge is 0.191 e. The Morgan fingerprint density at radius 1 is 1.13 bits per heavy atom. The fourth-order valence-corrected chi connectivity index (χ4v) is 4.97. The van der Waals surface area contributed by atoms with Crippen molar-refractivity contribution in [2.45, 2.75) is 51.1 Å². The Hall–Kier alpha value is -1.79. The molecule has 0 amide bonds. The molecule has 6 heteroatoms. The Morgan fingerprint density at radius 3 is 2.67 bits per heavy atom. The van der Waals surface area contributed by atoms with Gasteiger partial charge in [0.05, 0.1) is 19.7 Å². The molecule has 2 aliphatic heterocycles. The summed E-state index contributed by atoms with van der Waals surface area (Å²) in [6.45, 7) is 9.58. The van der Waals surface area contributed by atoms with E-state index in [1.54, 1.807) is 7.11 Å². The number of hydrogen-bond acceptors (Lipinski definition) is 4. The number of para-hydroxylation sites is 1. The molecule has 1 aliphatic carbocycles. The summed E-state index contributed by atoms with van der Waals surface area (Å²) >= 11 is 0. The van der Waals surface area contributed by atoms with Gasteiger partial charge in [-0.2, -0.15) is 0 Å². The summed E-state index contributed by atoms with van der Waals surface area (Å²) in [6, 6.07) is 9.57. The first kappa shape index (κ1) is 21.4. The molecule has 0 radical (unpaired) electrons. The minimum Gasteiger partial charge on any atom is -0.496 e. The van der Waals surface area contributed by atoms with E-state index in [9.17, 15) is 0 Å². The van der Waals surface area contributed by atoms with E-state index >= 15 is 0 Å². The third-order valence-electron chi connectivity index (χ3n) is 6.78. The quantitative estimate of drug-likeness (QED) is 0.482. The van der Waals surface area contributed by atoms with Crippen LogP contribution >= 0.6 is 0 Å². The molecule has 1 aromatic rings. The van der Waals surface area contributed by atoms with E-state index in [1.807, 2.05) is 6.07 Å². The van der Waals surface area contributed by atoms with Crippen molar-refractivity contribution >= 4 is 5.96 Å². The van der Waals surface area contributed by atoms with E-state index in [2.05, 4.69) is 45.6 Å². The number of nitrogens with zero attached hydrogens (tertiary/aromatic N) is 3. The molecule has 0 bridgehead atoms. The molecule has 4 rings (SSSR count). The lowest BCUT2D eigenvalue weighted by molar-refractivity contribution is 0.245. The molecule has 3 fully saturated rings. The van der Waals surface area contributed by atoms with Crippen LogP contribution in [0.15, 0.2) is 29.3 Å². The van der Waals surface area contributed by atoms with Crippen LogP contribution in [0, 0.1) is 5.92 Å². The predicted octanol–water partition coefficient (Wildman–Crippen LogP) is 2.87. The number of rotatable bonds is 9. The number of guanidine groups is 1. The van der Waals surface area contributed by atoms with Crippen LogP contribution in [0.4, 0.5) is 0 Å². The number of methoxy groups -OCH3 is 1. The zero-order valence-electron chi connectivity index (χ0n) is 18.8. The first-order valence-electron chi connectivity index (χ1n) is 11.9. The number of ether oxygens (including phenoxy) is 1. The van der Waals surface area contributed by atoms with Gasteiger partial charge in [-0.25, -0.2) is 0 Å². The average molecular weight is 414 g/mol. The van der Waals surface area contributed by atoms with Crippen molar-refractivity contribution in [3.05, 3.63) is 29.8 Å². The molecule has 1 aromatic carbocycles. The van der Waals surface area contributed by atoms with Crippen molar-refractivity contribution in [2.75, 3.05) is 52.9 Å². The van der Waals surface area contributed by atoms with Crippen molar-refractivity contribution in [3.63, 3.8) is 0 Å². The Kier molecular flexibility index (Phi) is 7.50. The molecular formula is C24H39N5O. The van der Waals surface area contributed by atoms with Crippen LogP contribution in [0.5, 0.6) is 5.75 Å². The first-order valence-corrected chi connectivity index (χ1v) is 11.9. The molecule has 1 saturated carbocycles. The summed E-state index contributed by atoms with van der Waals surface area (Å²) in [5.74, 6) is 2.65. The summed E-state index contributed by atoms with van der Waals surface area (Å²) < 4.78 is 5.68. The van der Waals surface area contributed by atoms with E-state index in [4.69, 9.17) is 9.73 Å². The van der Waals surface area contributed by atoms with E-state index in [0.717, 1.165) is 56.4 Å². The van der Waals surface area contributed by atoms with Crippen LogP contribution in [-0.2, 0) is 0 Å². The lowest BCUT2D eigenvalue weighted by atomic mass is 10.0. The van der Waals surface area contributed by atoms with Gasteiger partial charge in [-0.3, -0.25) is 9.89 Å². The summed E-state index contributed by atoms with van der Waals surface area (Å²) in [6.07, 6.45) is 6.66. The maximum absolute atomic E-state index is 5.68. The minimum atomic E-state index is 0.260. The standard InChI is InChI=1S/C24H39N5O/c1-3-25-24(26-16-19-12-15-29(18-19)20-10-11-20)27-17-22(28-13-6-7-14-28)21-8-4-5-9-23(21)30-2/h4-5,8-9,19-20,22H,3,6-7,10-18H2,1-2H3,(H2,25,26,27). The van der Waals surface area contributed by atoms with Crippen LogP contribution in [0.25, 0.3) is 0 Å². The molecule has 0 aromatic heterocycles. The highest BCUT2D eigenvalue weighted by Gasteiger charge is 2.34. The average Bonchev–Trinajstić information content (AvgIpc) is 3.27. The molecule has 2 heterocycles. The van der Waals surface area contributed by atoms with Gasteiger partial charge in [0.2, 0.25) is 0 Å². The van der Waals surface area contributed by atoms with Gasteiger partial charge in [-0.05, 0) is 70.6 Å². The largest absolute Gasteiger partial charge is 0.496 e. The normalized spacial score (nSPS) is 24.2. The second-order valence-corrected chi connectivity index (χ2v) is 8.98. The lowest BCUT2D eigenvalue weighted by Crippen LogP contribution is -2.41. The van der Waals surface area contributed by atoms with Gasteiger partial charge >= 0.3 is 0 Å². The highest BCUT2D eigenvalue weighted by Crippen LogP contribution is 2.32. The van der Waals surface area contributed by atoms with E-state index < -0.39 is 0 Å². The van der Waals surface area contributed by atoms with Crippen molar-refractivity contribution < 1.29 is 4.74 Å². The molecule has 30 heavy (non-hydrogen) atoms. The first-order chi connectivity index (χ1) is 14.8. The zero-order valence-corrected chi connectivity index (χ0v) is 18.8. The van der Waals surface area contributed by atoms with Gasteiger partial charge in [-0.1, -0.05) is 18.2 Å². The maximum atomic E-state index is 5.68. The Morgan fingerprint density at radius 2 is 1.93 bits per heavy atom. The van der Waals surface area contributed by atoms with Gasteiger partial charge in [0.15, 0.2) is 5.96 Å². The van der Waals surface area contributed by atoms with E-state index in [1.165, 1.54) is 50.8 Å². The molecule has 166 valence electrons. The summed E-state index contributed by atoms with van der Waals surface area (Å²) in [7, 11) is 1.77. The number of benzene rings is 1. The second-order valence-electron chi connectivity index (χ2n) is 8.98. The Balaban J connectivity index is 1.40. The highest BCUT2D eigenvalue weighted by atomic mass is 16.5.